The van der Waals surface area contributed by atoms with Crippen molar-refractivity contribution in [2.45, 2.75) is 19.9 Å². The van der Waals surface area contributed by atoms with E-state index >= 15 is 0 Å². The molecular formula is C15H17N3O5. The standard InChI is InChI=1S/C15H17N3O5/c1-4-17-9(2)12(14(19)23-3)13(16-15(17)20)10-5-7-11(8-6-10)18(21)22/h5-8,13H,4H2,1-3H3,(H,16,20). The Kier molecular flexibility index (Phi) is 4.63. The van der Waals surface area contributed by atoms with Gasteiger partial charge in [0.25, 0.3) is 5.69 Å². The van der Waals surface area contributed by atoms with Crippen LogP contribution in [-0.4, -0.2) is 35.5 Å². The molecule has 1 N–H and O–H groups in total. The van der Waals surface area contributed by atoms with Gasteiger partial charge in [-0.05, 0) is 31.5 Å². The van der Waals surface area contributed by atoms with Gasteiger partial charge in [-0.15, -0.1) is 0 Å². The second-order valence-electron chi connectivity index (χ2n) is 4.97. The van der Waals surface area contributed by atoms with Gasteiger partial charge in [0.1, 0.15) is 0 Å². The van der Waals surface area contributed by atoms with Crippen molar-refractivity contribution >= 4 is 17.7 Å². The maximum atomic E-state index is 12.2. The molecule has 0 saturated carbocycles. The Morgan fingerprint density at radius 2 is 2.00 bits per heavy atom. The molecule has 0 saturated heterocycles. The molecule has 0 aliphatic carbocycles. The van der Waals surface area contributed by atoms with E-state index in [4.69, 9.17) is 4.74 Å². The van der Waals surface area contributed by atoms with Crippen molar-refractivity contribution in [3.63, 3.8) is 0 Å². The highest BCUT2D eigenvalue weighted by Crippen LogP contribution is 2.31. The number of methoxy groups -OCH3 is 1. The minimum atomic E-state index is -0.710. The Morgan fingerprint density at radius 3 is 2.48 bits per heavy atom. The van der Waals surface area contributed by atoms with Crippen LogP contribution >= 0.6 is 0 Å². The van der Waals surface area contributed by atoms with E-state index in [0.29, 0.717) is 23.4 Å². The lowest BCUT2D eigenvalue weighted by atomic mass is 9.95. The number of allylic oxidation sites excluding steroid dienone is 1. The first-order valence-electron chi connectivity index (χ1n) is 7.02. The van der Waals surface area contributed by atoms with Crippen LogP contribution in [0, 0.1) is 10.1 Å². The van der Waals surface area contributed by atoms with Crippen LogP contribution in [0.4, 0.5) is 10.5 Å². The van der Waals surface area contributed by atoms with Crippen LogP contribution in [0.2, 0.25) is 0 Å². The summed E-state index contributed by atoms with van der Waals surface area (Å²) in [5.74, 6) is -0.552. The van der Waals surface area contributed by atoms with Gasteiger partial charge in [-0.3, -0.25) is 15.0 Å². The average molecular weight is 319 g/mol. The summed E-state index contributed by atoms with van der Waals surface area (Å²) < 4.78 is 4.82. The zero-order chi connectivity index (χ0) is 17.1. The molecule has 1 heterocycles. The number of urea groups is 1. The minimum Gasteiger partial charge on any atom is -0.466 e. The lowest BCUT2D eigenvalue weighted by Crippen LogP contribution is -2.47. The molecule has 0 bridgehead atoms. The number of ether oxygens (including phenoxy) is 1. The molecule has 1 atom stereocenters. The van der Waals surface area contributed by atoms with Gasteiger partial charge in [0.05, 0.1) is 23.6 Å². The fourth-order valence-electron chi connectivity index (χ4n) is 2.57. The third kappa shape index (κ3) is 3.01. The van der Waals surface area contributed by atoms with Crippen LogP contribution in [0.15, 0.2) is 35.5 Å². The van der Waals surface area contributed by atoms with Crippen molar-refractivity contribution in [3.05, 3.63) is 51.2 Å². The quantitative estimate of drug-likeness (QED) is 0.520. The summed E-state index contributed by atoms with van der Waals surface area (Å²) in [7, 11) is 1.27. The maximum absolute atomic E-state index is 12.2. The number of rotatable bonds is 4. The van der Waals surface area contributed by atoms with E-state index in [1.165, 1.54) is 36.3 Å². The molecule has 1 aliphatic heterocycles. The third-order valence-electron chi connectivity index (χ3n) is 3.76. The SMILES string of the molecule is CCN1C(=O)NC(c2ccc([N+](=O)[O-])cc2)C(C(=O)OC)=C1C. The highest BCUT2D eigenvalue weighted by atomic mass is 16.6. The summed E-state index contributed by atoms with van der Waals surface area (Å²) in [5, 5.41) is 13.5. The van der Waals surface area contributed by atoms with E-state index in [0.717, 1.165) is 0 Å². The molecule has 0 aromatic heterocycles. The molecule has 8 nitrogen and oxygen atoms in total. The Morgan fingerprint density at radius 1 is 1.39 bits per heavy atom. The van der Waals surface area contributed by atoms with Gasteiger partial charge in [-0.2, -0.15) is 0 Å². The van der Waals surface area contributed by atoms with Crippen LogP contribution in [-0.2, 0) is 9.53 Å². The molecule has 1 aromatic carbocycles. The fourth-order valence-corrected chi connectivity index (χ4v) is 2.57. The molecule has 0 fully saturated rings. The Labute approximate surface area is 132 Å². The number of hydrogen-bond donors (Lipinski definition) is 1. The van der Waals surface area contributed by atoms with Crippen LogP contribution < -0.4 is 5.32 Å². The minimum absolute atomic E-state index is 0.0635. The topological polar surface area (TPSA) is 102 Å². The maximum Gasteiger partial charge on any atom is 0.337 e. The number of benzene rings is 1. The number of esters is 1. The van der Waals surface area contributed by atoms with E-state index in [-0.39, 0.29) is 11.7 Å². The first-order valence-corrected chi connectivity index (χ1v) is 7.02. The van der Waals surface area contributed by atoms with Crippen molar-refractivity contribution < 1.29 is 19.2 Å². The van der Waals surface area contributed by atoms with Gasteiger partial charge < -0.3 is 10.1 Å². The van der Waals surface area contributed by atoms with Gasteiger partial charge in [0, 0.05) is 24.4 Å². The number of amides is 2. The van der Waals surface area contributed by atoms with Gasteiger partial charge in [-0.1, -0.05) is 0 Å². The molecule has 2 rings (SSSR count). The Hall–Kier alpha value is -2.90. The molecule has 23 heavy (non-hydrogen) atoms. The number of carbonyl (C=O) groups excluding carboxylic acids is 2. The molecular weight excluding hydrogens is 302 g/mol. The van der Waals surface area contributed by atoms with Gasteiger partial charge in [0.2, 0.25) is 0 Å². The average Bonchev–Trinajstić information content (AvgIpc) is 2.54. The summed E-state index contributed by atoms with van der Waals surface area (Å²) >= 11 is 0. The molecule has 1 aliphatic rings. The zero-order valence-corrected chi connectivity index (χ0v) is 13.0. The van der Waals surface area contributed by atoms with E-state index in [9.17, 15) is 19.7 Å². The van der Waals surface area contributed by atoms with E-state index in [1.807, 2.05) is 0 Å². The summed E-state index contributed by atoms with van der Waals surface area (Å²) in [6.07, 6.45) is 0. The second-order valence-corrected chi connectivity index (χ2v) is 4.97. The molecule has 0 spiro atoms. The van der Waals surface area contributed by atoms with E-state index in [2.05, 4.69) is 5.32 Å². The Balaban J connectivity index is 2.50. The van der Waals surface area contributed by atoms with Crippen molar-refractivity contribution in [3.8, 4) is 0 Å². The number of non-ortho nitro benzene ring substituents is 1. The number of hydrogen-bond acceptors (Lipinski definition) is 5. The van der Waals surface area contributed by atoms with Gasteiger partial charge >= 0.3 is 12.0 Å². The number of nitrogens with one attached hydrogen (secondary N) is 1. The number of nitrogens with zero attached hydrogens (tertiary/aromatic N) is 2. The molecule has 0 radical (unpaired) electrons. The summed E-state index contributed by atoms with van der Waals surface area (Å²) in [6, 6.07) is 4.65. The number of nitro groups is 1. The van der Waals surface area contributed by atoms with Gasteiger partial charge in [0.15, 0.2) is 0 Å². The molecule has 122 valence electrons. The number of nitro benzene ring substituents is 1. The fraction of sp³-hybridized carbons (Fsp3) is 0.333. The molecule has 2 amide bonds. The summed E-state index contributed by atoms with van der Waals surface area (Å²) in [4.78, 5) is 36.0. The highest BCUT2D eigenvalue weighted by Gasteiger charge is 2.35. The lowest BCUT2D eigenvalue weighted by Gasteiger charge is -2.34. The largest absolute Gasteiger partial charge is 0.466 e. The lowest BCUT2D eigenvalue weighted by molar-refractivity contribution is -0.384. The zero-order valence-electron chi connectivity index (χ0n) is 13.0. The highest BCUT2D eigenvalue weighted by molar-refractivity contribution is 5.95. The third-order valence-corrected chi connectivity index (χ3v) is 3.76. The van der Waals surface area contributed by atoms with Crippen molar-refractivity contribution in [2.75, 3.05) is 13.7 Å². The Bertz CT molecular complexity index is 681. The summed E-state index contributed by atoms with van der Waals surface area (Å²) in [6.45, 7) is 3.88. The van der Waals surface area contributed by atoms with E-state index < -0.39 is 16.9 Å². The van der Waals surface area contributed by atoms with Crippen LogP contribution in [0.1, 0.15) is 25.5 Å². The predicted molar refractivity (Wildman–Crippen MR) is 81.5 cm³/mol. The first kappa shape index (κ1) is 16.5. The van der Waals surface area contributed by atoms with Crippen LogP contribution in [0.5, 0.6) is 0 Å². The van der Waals surface area contributed by atoms with E-state index in [1.54, 1.807) is 13.8 Å². The second kappa shape index (κ2) is 6.47. The first-order chi connectivity index (χ1) is 10.9. The molecule has 8 heteroatoms. The monoisotopic (exact) mass is 319 g/mol. The van der Waals surface area contributed by atoms with Crippen LogP contribution in [0.3, 0.4) is 0 Å². The normalized spacial score (nSPS) is 17.8. The smallest absolute Gasteiger partial charge is 0.337 e. The van der Waals surface area contributed by atoms with Crippen LogP contribution in [0.25, 0.3) is 0 Å². The predicted octanol–water partition coefficient (Wildman–Crippen LogP) is 2.13. The molecule has 1 unspecified atom stereocenters. The van der Waals surface area contributed by atoms with Crippen molar-refractivity contribution in [2.24, 2.45) is 0 Å². The number of carbonyl (C=O) groups is 2. The van der Waals surface area contributed by atoms with Gasteiger partial charge in [-0.25, -0.2) is 9.59 Å². The van der Waals surface area contributed by atoms with Crippen molar-refractivity contribution in [1.29, 1.82) is 0 Å². The summed E-state index contributed by atoms with van der Waals surface area (Å²) in [5.41, 5.74) is 1.32. The molecule has 1 aromatic rings. The van der Waals surface area contributed by atoms with Crippen molar-refractivity contribution in [1.82, 2.24) is 10.2 Å².